The fourth-order valence-electron chi connectivity index (χ4n) is 1.84. The lowest BCUT2D eigenvalue weighted by atomic mass is 9.90. The largest absolute Gasteiger partial charge is 0.330 e. The Morgan fingerprint density at radius 3 is 2.00 bits per heavy atom. The van der Waals surface area contributed by atoms with Crippen LogP contribution in [0.2, 0.25) is 0 Å². The Hall–Kier alpha value is -0.930. The molecular weight excluding hydrogens is 186 g/mol. The van der Waals surface area contributed by atoms with Gasteiger partial charge in [-0.25, -0.2) is 0 Å². The molecule has 84 valence electrons. The van der Waals surface area contributed by atoms with Crippen molar-refractivity contribution in [2.75, 3.05) is 13.1 Å². The fourth-order valence-corrected chi connectivity index (χ4v) is 1.84. The summed E-state index contributed by atoms with van der Waals surface area (Å²) in [5.74, 6) is 0.597. The van der Waals surface area contributed by atoms with Gasteiger partial charge in [0.1, 0.15) is 0 Å². The lowest BCUT2D eigenvalue weighted by molar-refractivity contribution is 0.540. The summed E-state index contributed by atoms with van der Waals surface area (Å²) in [7, 11) is 0. The smallest absolute Gasteiger partial charge is 0.0270 e. The standard InChI is InChI=1S/C12H21N3/c13-7-1-3-11(4-2-8-14)12-5-9-15-10-6-12/h5-6,9-11H,1-4,7-8,13-14H2. The second kappa shape index (κ2) is 7.37. The second-order valence-corrected chi connectivity index (χ2v) is 3.84. The van der Waals surface area contributed by atoms with E-state index in [1.54, 1.807) is 0 Å². The van der Waals surface area contributed by atoms with E-state index in [1.165, 1.54) is 5.56 Å². The van der Waals surface area contributed by atoms with Crippen molar-refractivity contribution in [2.24, 2.45) is 11.5 Å². The van der Waals surface area contributed by atoms with Crippen LogP contribution in [-0.4, -0.2) is 18.1 Å². The maximum absolute atomic E-state index is 5.55. The van der Waals surface area contributed by atoms with Crippen LogP contribution in [0.3, 0.4) is 0 Å². The molecule has 1 aromatic rings. The highest BCUT2D eigenvalue weighted by Gasteiger charge is 2.09. The van der Waals surface area contributed by atoms with Crippen molar-refractivity contribution in [2.45, 2.75) is 31.6 Å². The number of hydrogen-bond acceptors (Lipinski definition) is 3. The first-order valence-electron chi connectivity index (χ1n) is 5.68. The number of rotatable bonds is 7. The molecule has 0 saturated heterocycles. The molecule has 0 spiro atoms. The summed E-state index contributed by atoms with van der Waals surface area (Å²) in [6.45, 7) is 1.54. The molecule has 4 N–H and O–H groups in total. The Balaban J connectivity index is 2.55. The Kier molecular flexibility index (Phi) is 5.97. The molecule has 15 heavy (non-hydrogen) atoms. The Morgan fingerprint density at radius 2 is 1.53 bits per heavy atom. The van der Waals surface area contributed by atoms with Gasteiger partial charge in [-0.1, -0.05) is 0 Å². The van der Waals surface area contributed by atoms with Gasteiger partial charge in [-0.3, -0.25) is 4.98 Å². The van der Waals surface area contributed by atoms with Crippen LogP contribution in [0.1, 0.15) is 37.2 Å². The molecule has 0 saturated carbocycles. The van der Waals surface area contributed by atoms with Crippen molar-refractivity contribution in [1.29, 1.82) is 0 Å². The van der Waals surface area contributed by atoms with E-state index in [-0.39, 0.29) is 0 Å². The van der Waals surface area contributed by atoms with Crippen molar-refractivity contribution in [3.63, 3.8) is 0 Å². The third-order valence-corrected chi connectivity index (χ3v) is 2.69. The summed E-state index contributed by atoms with van der Waals surface area (Å²) >= 11 is 0. The Labute approximate surface area is 91.9 Å². The first kappa shape index (κ1) is 12.1. The summed E-state index contributed by atoms with van der Waals surface area (Å²) in [4.78, 5) is 4.04. The SMILES string of the molecule is NCCCC(CCCN)c1ccncc1. The molecule has 0 amide bonds. The molecule has 1 heterocycles. The van der Waals surface area contributed by atoms with Gasteiger partial charge in [0.25, 0.3) is 0 Å². The van der Waals surface area contributed by atoms with Gasteiger partial charge in [-0.05, 0) is 62.4 Å². The Morgan fingerprint density at radius 1 is 1.00 bits per heavy atom. The highest BCUT2D eigenvalue weighted by Crippen LogP contribution is 2.25. The van der Waals surface area contributed by atoms with E-state index in [2.05, 4.69) is 17.1 Å². The summed E-state index contributed by atoms with van der Waals surface area (Å²) in [6, 6.07) is 4.19. The maximum atomic E-state index is 5.55. The van der Waals surface area contributed by atoms with Crippen LogP contribution >= 0.6 is 0 Å². The topological polar surface area (TPSA) is 64.9 Å². The zero-order valence-electron chi connectivity index (χ0n) is 9.23. The average Bonchev–Trinajstić information content (AvgIpc) is 2.30. The minimum Gasteiger partial charge on any atom is -0.330 e. The molecule has 1 rings (SSSR count). The molecule has 0 bridgehead atoms. The van der Waals surface area contributed by atoms with Crippen LogP contribution in [-0.2, 0) is 0 Å². The maximum Gasteiger partial charge on any atom is 0.0270 e. The number of pyridine rings is 1. The lowest BCUT2D eigenvalue weighted by Crippen LogP contribution is -2.07. The minimum absolute atomic E-state index is 0.597. The normalized spacial score (nSPS) is 10.9. The van der Waals surface area contributed by atoms with Crippen LogP contribution in [0.4, 0.5) is 0 Å². The third-order valence-electron chi connectivity index (χ3n) is 2.69. The van der Waals surface area contributed by atoms with E-state index in [0.29, 0.717) is 5.92 Å². The summed E-state index contributed by atoms with van der Waals surface area (Å²) < 4.78 is 0. The lowest BCUT2D eigenvalue weighted by Gasteiger charge is -2.16. The van der Waals surface area contributed by atoms with Crippen molar-refractivity contribution < 1.29 is 0 Å². The number of hydrogen-bond donors (Lipinski definition) is 2. The second-order valence-electron chi connectivity index (χ2n) is 3.84. The molecule has 0 aliphatic carbocycles. The van der Waals surface area contributed by atoms with Crippen molar-refractivity contribution >= 4 is 0 Å². The van der Waals surface area contributed by atoms with Gasteiger partial charge < -0.3 is 11.5 Å². The zero-order valence-corrected chi connectivity index (χ0v) is 9.23. The Bertz CT molecular complexity index is 240. The average molecular weight is 207 g/mol. The predicted molar refractivity (Wildman–Crippen MR) is 63.6 cm³/mol. The van der Waals surface area contributed by atoms with Crippen LogP contribution in [0.5, 0.6) is 0 Å². The van der Waals surface area contributed by atoms with Crippen LogP contribution in [0.15, 0.2) is 24.5 Å². The molecule has 0 atom stereocenters. The molecule has 0 fully saturated rings. The summed E-state index contributed by atoms with van der Waals surface area (Å²) in [6.07, 6.45) is 8.18. The molecule has 0 aliphatic rings. The van der Waals surface area contributed by atoms with E-state index >= 15 is 0 Å². The van der Waals surface area contributed by atoms with Crippen LogP contribution in [0, 0.1) is 0 Å². The monoisotopic (exact) mass is 207 g/mol. The van der Waals surface area contributed by atoms with Crippen molar-refractivity contribution in [3.8, 4) is 0 Å². The molecule has 0 unspecified atom stereocenters. The van der Waals surface area contributed by atoms with E-state index in [1.807, 2.05) is 12.4 Å². The van der Waals surface area contributed by atoms with Crippen molar-refractivity contribution in [1.82, 2.24) is 4.98 Å². The highest BCUT2D eigenvalue weighted by atomic mass is 14.6. The number of nitrogens with zero attached hydrogens (tertiary/aromatic N) is 1. The molecule has 0 radical (unpaired) electrons. The van der Waals surface area contributed by atoms with Gasteiger partial charge >= 0.3 is 0 Å². The first-order valence-corrected chi connectivity index (χ1v) is 5.68. The quantitative estimate of drug-likeness (QED) is 0.714. The highest BCUT2D eigenvalue weighted by molar-refractivity contribution is 5.15. The van der Waals surface area contributed by atoms with Gasteiger partial charge in [0.05, 0.1) is 0 Å². The fraction of sp³-hybridized carbons (Fsp3) is 0.583. The molecule has 0 aliphatic heterocycles. The van der Waals surface area contributed by atoms with Gasteiger partial charge in [-0.15, -0.1) is 0 Å². The van der Waals surface area contributed by atoms with Gasteiger partial charge in [0.15, 0.2) is 0 Å². The van der Waals surface area contributed by atoms with E-state index in [0.717, 1.165) is 38.8 Å². The number of nitrogens with two attached hydrogens (primary N) is 2. The van der Waals surface area contributed by atoms with Crippen LogP contribution < -0.4 is 11.5 Å². The van der Waals surface area contributed by atoms with E-state index in [4.69, 9.17) is 11.5 Å². The van der Waals surface area contributed by atoms with Gasteiger partial charge in [-0.2, -0.15) is 0 Å². The minimum atomic E-state index is 0.597. The molecule has 3 heteroatoms. The van der Waals surface area contributed by atoms with Crippen LogP contribution in [0.25, 0.3) is 0 Å². The summed E-state index contributed by atoms with van der Waals surface area (Å²) in [5, 5.41) is 0. The summed E-state index contributed by atoms with van der Waals surface area (Å²) in [5.41, 5.74) is 12.5. The number of aromatic nitrogens is 1. The molecular formula is C12H21N3. The molecule has 3 nitrogen and oxygen atoms in total. The third kappa shape index (κ3) is 4.40. The van der Waals surface area contributed by atoms with Crippen molar-refractivity contribution in [3.05, 3.63) is 30.1 Å². The predicted octanol–water partition coefficient (Wildman–Crippen LogP) is 1.64. The molecule has 1 aromatic heterocycles. The first-order chi connectivity index (χ1) is 7.38. The van der Waals surface area contributed by atoms with Gasteiger partial charge in [0, 0.05) is 12.4 Å². The van der Waals surface area contributed by atoms with E-state index in [9.17, 15) is 0 Å². The molecule has 0 aromatic carbocycles. The van der Waals surface area contributed by atoms with Gasteiger partial charge in [0.2, 0.25) is 0 Å². The zero-order chi connectivity index (χ0) is 10.9. The van der Waals surface area contributed by atoms with E-state index < -0.39 is 0 Å².